The van der Waals surface area contributed by atoms with E-state index in [1.165, 1.54) is 0 Å². The maximum Gasteiger partial charge on any atom is 0.405 e. The smallest absolute Gasteiger partial charge is 0.405 e. The number of hydrogen-bond donors (Lipinski definition) is 2. The molecule has 1 amide bonds. The normalized spacial score (nSPS) is 10.1. The summed E-state index contributed by atoms with van der Waals surface area (Å²) in [4.78, 5) is 10.6. The minimum absolute atomic E-state index is 0.222. The van der Waals surface area contributed by atoms with E-state index in [1.807, 2.05) is 0 Å². The van der Waals surface area contributed by atoms with Crippen LogP contribution in [0.2, 0.25) is 0 Å². The SMILES string of the molecule is CC(C)(C)OC(N)=O.Nc1ccc(SF)cc1. The Balaban J connectivity index is 0.000000304. The lowest BCUT2D eigenvalue weighted by Crippen LogP contribution is -2.27. The van der Waals surface area contributed by atoms with Crippen molar-refractivity contribution in [2.75, 3.05) is 5.73 Å². The molecule has 0 aromatic heterocycles. The van der Waals surface area contributed by atoms with Gasteiger partial charge in [-0.25, -0.2) is 4.79 Å². The average Bonchev–Trinajstić information content (AvgIpc) is 2.16. The van der Waals surface area contributed by atoms with Gasteiger partial charge in [0.15, 0.2) is 0 Å². The second kappa shape index (κ2) is 7.01. The van der Waals surface area contributed by atoms with Crippen LogP contribution in [0.5, 0.6) is 0 Å². The van der Waals surface area contributed by atoms with Crippen LogP contribution in [0, 0.1) is 0 Å². The highest BCUT2D eigenvalue weighted by atomic mass is 32.2. The predicted octanol–water partition coefficient (Wildman–Crippen LogP) is 3.13. The Morgan fingerprint density at radius 2 is 1.76 bits per heavy atom. The predicted molar refractivity (Wildman–Crippen MR) is 68.2 cm³/mol. The van der Waals surface area contributed by atoms with Gasteiger partial charge in [-0.1, -0.05) is 0 Å². The molecule has 96 valence electrons. The zero-order valence-electron chi connectivity index (χ0n) is 10.1. The number of nitrogens with two attached hydrogens (primary N) is 2. The van der Waals surface area contributed by atoms with Crippen LogP contribution in [0.1, 0.15) is 20.8 Å². The Bertz CT molecular complexity index is 349. The van der Waals surface area contributed by atoms with E-state index in [1.54, 1.807) is 45.0 Å². The zero-order chi connectivity index (χ0) is 13.5. The summed E-state index contributed by atoms with van der Waals surface area (Å²) in [6.07, 6.45) is -0.725. The van der Waals surface area contributed by atoms with Crippen molar-refractivity contribution in [1.29, 1.82) is 0 Å². The number of hydrogen-bond acceptors (Lipinski definition) is 4. The Hall–Kier alpha value is -1.43. The van der Waals surface area contributed by atoms with Crippen LogP contribution in [-0.4, -0.2) is 11.7 Å². The van der Waals surface area contributed by atoms with Gasteiger partial charge >= 0.3 is 6.09 Å². The first-order valence-corrected chi connectivity index (χ1v) is 5.59. The highest BCUT2D eigenvalue weighted by Crippen LogP contribution is 2.18. The molecule has 0 unspecified atom stereocenters. The van der Waals surface area contributed by atoms with Crippen LogP contribution in [0.25, 0.3) is 0 Å². The van der Waals surface area contributed by atoms with Crippen molar-refractivity contribution in [1.82, 2.24) is 0 Å². The average molecular weight is 260 g/mol. The number of anilines is 1. The molecule has 0 saturated heterocycles. The molecule has 0 radical (unpaired) electrons. The van der Waals surface area contributed by atoms with Gasteiger partial charge in [0.1, 0.15) is 5.60 Å². The monoisotopic (exact) mass is 260 g/mol. The van der Waals surface area contributed by atoms with Crippen LogP contribution in [0.4, 0.5) is 14.4 Å². The lowest BCUT2D eigenvalue weighted by molar-refractivity contribution is 0.0600. The Morgan fingerprint density at radius 3 is 2.00 bits per heavy atom. The molecule has 0 heterocycles. The fourth-order valence-electron chi connectivity index (χ4n) is 0.821. The molecule has 0 spiro atoms. The summed E-state index contributed by atoms with van der Waals surface area (Å²) in [7, 11) is 0. The first-order chi connectivity index (χ1) is 7.74. The van der Waals surface area contributed by atoms with E-state index >= 15 is 0 Å². The number of carbonyl (C=O) groups excluding carboxylic acids is 1. The number of nitrogen functional groups attached to an aromatic ring is 1. The summed E-state index contributed by atoms with van der Waals surface area (Å²) in [5, 5.41) is 0. The standard InChI is InChI=1S/C6H6FNS.C5H11NO2/c7-9-6-3-1-5(8)2-4-6;1-5(2,3)8-4(6)7/h1-4H,8H2;1-3H3,(H2,6,7). The van der Waals surface area contributed by atoms with E-state index in [4.69, 9.17) is 11.5 Å². The number of halogens is 1. The molecule has 0 saturated carbocycles. The van der Waals surface area contributed by atoms with Crippen molar-refractivity contribution < 1.29 is 13.4 Å². The van der Waals surface area contributed by atoms with E-state index in [-0.39, 0.29) is 12.1 Å². The topological polar surface area (TPSA) is 78.3 Å². The Kier molecular flexibility index (Phi) is 6.42. The van der Waals surface area contributed by atoms with E-state index in [0.717, 1.165) is 0 Å². The van der Waals surface area contributed by atoms with Crippen LogP contribution in [-0.2, 0) is 4.74 Å². The third-order valence-corrected chi connectivity index (χ3v) is 1.83. The van der Waals surface area contributed by atoms with E-state index < -0.39 is 11.7 Å². The van der Waals surface area contributed by atoms with Gasteiger partial charge in [0.25, 0.3) is 0 Å². The molecule has 1 aromatic rings. The Morgan fingerprint density at radius 1 is 1.29 bits per heavy atom. The summed E-state index contributed by atoms with van der Waals surface area (Å²) >= 11 is 0.222. The highest BCUT2D eigenvalue weighted by molar-refractivity contribution is 7.94. The largest absolute Gasteiger partial charge is 0.444 e. The second-order valence-electron chi connectivity index (χ2n) is 4.18. The molecule has 0 aliphatic rings. The van der Waals surface area contributed by atoms with Crippen molar-refractivity contribution in [3.63, 3.8) is 0 Å². The van der Waals surface area contributed by atoms with Gasteiger partial charge in [-0.15, -0.1) is 0 Å². The van der Waals surface area contributed by atoms with Crippen LogP contribution in [0.15, 0.2) is 29.2 Å². The van der Waals surface area contributed by atoms with Crippen molar-refractivity contribution in [2.24, 2.45) is 5.73 Å². The maximum atomic E-state index is 11.7. The summed E-state index contributed by atoms with van der Waals surface area (Å²) in [6, 6.07) is 6.61. The molecular formula is C11H17FN2O2S. The molecule has 0 fully saturated rings. The molecule has 1 aromatic carbocycles. The summed E-state index contributed by atoms with van der Waals surface area (Å²) < 4.78 is 16.3. The van der Waals surface area contributed by atoms with E-state index in [0.29, 0.717) is 10.6 Å². The van der Waals surface area contributed by atoms with Gasteiger partial charge in [-0.2, -0.15) is 3.89 Å². The number of rotatable bonds is 1. The summed E-state index contributed by atoms with van der Waals surface area (Å²) in [5.41, 5.74) is 10.3. The highest BCUT2D eigenvalue weighted by Gasteiger charge is 2.12. The van der Waals surface area contributed by atoms with Gasteiger partial charge in [0.05, 0.1) is 12.1 Å². The lowest BCUT2D eigenvalue weighted by atomic mass is 10.2. The summed E-state index contributed by atoms with van der Waals surface area (Å²) in [6.45, 7) is 5.28. The third-order valence-electron chi connectivity index (χ3n) is 1.38. The zero-order valence-corrected chi connectivity index (χ0v) is 10.9. The van der Waals surface area contributed by atoms with Gasteiger partial charge < -0.3 is 16.2 Å². The quantitative estimate of drug-likeness (QED) is 0.760. The van der Waals surface area contributed by atoms with Gasteiger partial charge in [0, 0.05) is 10.6 Å². The minimum Gasteiger partial charge on any atom is -0.444 e. The molecule has 17 heavy (non-hydrogen) atoms. The molecule has 1 rings (SSSR count). The molecular weight excluding hydrogens is 243 g/mol. The summed E-state index contributed by atoms with van der Waals surface area (Å²) in [5.74, 6) is 0. The van der Waals surface area contributed by atoms with Crippen molar-refractivity contribution in [2.45, 2.75) is 31.3 Å². The van der Waals surface area contributed by atoms with Crippen LogP contribution >= 0.6 is 12.1 Å². The number of benzene rings is 1. The van der Waals surface area contributed by atoms with E-state index in [2.05, 4.69) is 4.74 Å². The van der Waals surface area contributed by atoms with Crippen molar-refractivity contribution in [3.05, 3.63) is 24.3 Å². The fourth-order valence-corrected chi connectivity index (χ4v) is 1.06. The molecule has 4 nitrogen and oxygen atoms in total. The molecule has 0 aliphatic heterocycles. The third kappa shape index (κ3) is 9.50. The van der Waals surface area contributed by atoms with Gasteiger partial charge in [-0.05, 0) is 45.0 Å². The fraction of sp³-hybridized carbons (Fsp3) is 0.364. The molecule has 0 bridgehead atoms. The van der Waals surface area contributed by atoms with Gasteiger partial charge in [-0.3, -0.25) is 0 Å². The maximum absolute atomic E-state index is 11.7. The molecule has 6 heteroatoms. The lowest BCUT2D eigenvalue weighted by Gasteiger charge is -2.16. The van der Waals surface area contributed by atoms with E-state index in [9.17, 15) is 8.68 Å². The minimum atomic E-state index is -0.725. The first-order valence-electron chi connectivity index (χ1n) is 4.87. The van der Waals surface area contributed by atoms with Crippen molar-refractivity contribution in [3.8, 4) is 0 Å². The molecule has 4 N–H and O–H groups in total. The van der Waals surface area contributed by atoms with Gasteiger partial charge in [0.2, 0.25) is 0 Å². The Labute approximate surface area is 105 Å². The second-order valence-corrected chi connectivity index (χ2v) is 4.81. The van der Waals surface area contributed by atoms with Crippen molar-refractivity contribution >= 4 is 23.9 Å². The number of ether oxygens (including phenoxy) is 1. The molecule has 0 atom stereocenters. The number of amides is 1. The number of primary amides is 1. The number of carbonyl (C=O) groups is 1. The van der Waals surface area contributed by atoms with Crippen LogP contribution < -0.4 is 11.5 Å². The first kappa shape index (κ1) is 15.6. The van der Waals surface area contributed by atoms with Crippen LogP contribution in [0.3, 0.4) is 0 Å². The molecule has 0 aliphatic carbocycles.